The number of nitrogens with one attached hydrogen (secondary N) is 1. The number of carbonyl (C=O) groups excluding carboxylic acids is 1. The SMILES string of the molecule is Cn1cc(C(=O)NC2C(C)(C)C(Oc3ccc(C#N)c(Cl)c3)C2(C)C)cn1. The molecule has 1 aliphatic carbocycles. The third-order valence-electron chi connectivity index (χ3n) is 5.40. The van der Waals surface area contributed by atoms with Gasteiger partial charge in [-0.15, -0.1) is 0 Å². The van der Waals surface area contributed by atoms with Crippen molar-refractivity contribution in [3.05, 3.63) is 46.7 Å². The van der Waals surface area contributed by atoms with Gasteiger partial charge in [-0.2, -0.15) is 10.4 Å². The first-order valence-electron chi connectivity index (χ1n) is 8.73. The molecule has 1 N–H and O–H groups in total. The summed E-state index contributed by atoms with van der Waals surface area (Å²) in [6.45, 7) is 8.29. The van der Waals surface area contributed by atoms with E-state index >= 15 is 0 Å². The molecular formula is C20H23ClN4O2. The van der Waals surface area contributed by atoms with Gasteiger partial charge in [0.25, 0.3) is 5.91 Å². The molecular weight excluding hydrogens is 364 g/mol. The van der Waals surface area contributed by atoms with Gasteiger partial charge < -0.3 is 10.1 Å². The van der Waals surface area contributed by atoms with Crippen LogP contribution < -0.4 is 10.1 Å². The van der Waals surface area contributed by atoms with Crippen molar-refractivity contribution in [3.63, 3.8) is 0 Å². The zero-order chi connectivity index (χ0) is 20.0. The van der Waals surface area contributed by atoms with Gasteiger partial charge in [-0.3, -0.25) is 9.48 Å². The molecule has 0 atom stereocenters. The van der Waals surface area contributed by atoms with Crippen LogP contribution in [0.15, 0.2) is 30.6 Å². The number of rotatable bonds is 4. The maximum absolute atomic E-state index is 12.6. The van der Waals surface area contributed by atoms with E-state index in [0.717, 1.165) is 0 Å². The van der Waals surface area contributed by atoms with Crippen molar-refractivity contribution in [3.8, 4) is 11.8 Å². The molecule has 1 aromatic carbocycles. The number of hydrogen-bond acceptors (Lipinski definition) is 4. The number of amides is 1. The fraction of sp³-hybridized carbons (Fsp3) is 0.450. The number of nitriles is 1. The lowest BCUT2D eigenvalue weighted by atomic mass is 9.49. The van der Waals surface area contributed by atoms with E-state index in [1.807, 2.05) is 6.07 Å². The highest BCUT2D eigenvalue weighted by atomic mass is 35.5. The van der Waals surface area contributed by atoms with Gasteiger partial charge in [0.2, 0.25) is 0 Å². The lowest BCUT2D eigenvalue weighted by molar-refractivity contribution is -0.164. The Bertz CT molecular complexity index is 910. The van der Waals surface area contributed by atoms with Gasteiger partial charge in [0.15, 0.2) is 0 Å². The molecule has 0 unspecified atom stereocenters. The van der Waals surface area contributed by atoms with Crippen LogP contribution >= 0.6 is 11.6 Å². The highest BCUT2D eigenvalue weighted by molar-refractivity contribution is 6.31. The minimum Gasteiger partial charge on any atom is -0.489 e. The fourth-order valence-corrected chi connectivity index (χ4v) is 4.56. The van der Waals surface area contributed by atoms with E-state index in [-0.39, 0.29) is 28.9 Å². The third kappa shape index (κ3) is 3.28. The summed E-state index contributed by atoms with van der Waals surface area (Å²) in [5.41, 5.74) is 0.369. The Balaban J connectivity index is 1.76. The van der Waals surface area contributed by atoms with E-state index in [2.05, 4.69) is 38.1 Å². The number of nitrogens with zero attached hydrogens (tertiary/aromatic N) is 3. The molecule has 0 radical (unpaired) electrons. The van der Waals surface area contributed by atoms with Crippen molar-refractivity contribution < 1.29 is 9.53 Å². The fourth-order valence-electron chi connectivity index (χ4n) is 4.35. The van der Waals surface area contributed by atoms with E-state index in [1.165, 1.54) is 0 Å². The first-order chi connectivity index (χ1) is 12.6. The van der Waals surface area contributed by atoms with Crippen molar-refractivity contribution in [2.75, 3.05) is 0 Å². The number of carbonyl (C=O) groups is 1. The van der Waals surface area contributed by atoms with E-state index in [1.54, 1.807) is 42.3 Å². The zero-order valence-corrected chi connectivity index (χ0v) is 16.8. The predicted octanol–water partition coefficient (Wildman–Crippen LogP) is 3.56. The number of aryl methyl sites for hydroxylation is 1. The second-order valence-electron chi connectivity index (χ2n) is 8.20. The summed E-state index contributed by atoms with van der Waals surface area (Å²) >= 11 is 6.12. The summed E-state index contributed by atoms with van der Waals surface area (Å²) < 4.78 is 7.82. The predicted molar refractivity (Wildman–Crippen MR) is 103 cm³/mol. The molecule has 3 rings (SSSR count). The molecule has 0 spiro atoms. The Hall–Kier alpha value is -2.52. The third-order valence-corrected chi connectivity index (χ3v) is 5.71. The van der Waals surface area contributed by atoms with Gasteiger partial charge >= 0.3 is 0 Å². The summed E-state index contributed by atoms with van der Waals surface area (Å²) in [6, 6.07) is 7.03. The highest BCUT2D eigenvalue weighted by Crippen LogP contribution is 2.55. The molecule has 1 heterocycles. The second kappa shape index (κ2) is 6.58. The zero-order valence-electron chi connectivity index (χ0n) is 16.1. The van der Waals surface area contributed by atoms with Gasteiger partial charge in [-0.25, -0.2) is 0 Å². The van der Waals surface area contributed by atoms with Gasteiger partial charge in [-0.05, 0) is 12.1 Å². The number of hydrogen-bond donors (Lipinski definition) is 1. The first-order valence-corrected chi connectivity index (χ1v) is 9.11. The molecule has 7 heteroatoms. The van der Waals surface area contributed by atoms with Gasteiger partial charge in [-0.1, -0.05) is 39.3 Å². The molecule has 1 saturated carbocycles. The monoisotopic (exact) mass is 386 g/mol. The van der Waals surface area contributed by atoms with E-state index < -0.39 is 0 Å². The standard InChI is InChI=1S/C20H23ClN4O2/c1-19(2)17(24-16(26)13-10-23-25(5)11-13)20(3,4)18(19)27-14-7-6-12(9-22)15(21)8-14/h6-8,10-11,17-18H,1-5H3,(H,24,26). The van der Waals surface area contributed by atoms with Gasteiger partial charge in [0, 0.05) is 36.2 Å². The van der Waals surface area contributed by atoms with Crippen LogP contribution in [0, 0.1) is 22.2 Å². The molecule has 0 saturated heterocycles. The highest BCUT2D eigenvalue weighted by Gasteiger charge is 2.64. The molecule has 1 aromatic heterocycles. The van der Waals surface area contributed by atoms with E-state index in [4.69, 9.17) is 21.6 Å². The molecule has 1 fully saturated rings. The normalized spacial score (nSPS) is 22.4. The summed E-state index contributed by atoms with van der Waals surface area (Å²) in [4.78, 5) is 12.6. The minimum atomic E-state index is -0.290. The van der Waals surface area contributed by atoms with Crippen LogP contribution in [0.4, 0.5) is 0 Å². The Morgan fingerprint density at radius 3 is 2.52 bits per heavy atom. The Kier molecular flexibility index (Phi) is 4.69. The average Bonchev–Trinajstić information content (AvgIpc) is 3.03. The number of ether oxygens (including phenoxy) is 1. The molecule has 142 valence electrons. The number of benzene rings is 1. The number of aromatic nitrogens is 2. The van der Waals surface area contributed by atoms with Crippen molar-refractivity contribution in [1.82, 2.24) is 15.1 Å². The van der Waals surface area contributed by atoms with Crippen LogP contribution in [0.3, 0.4) is 0 Å². The van der Waals surface area contributed by atoms with Crippen LogP contribution in [0.1, 0.15) is 43.6 Å². The van der Waals surface area contributed by atoms with Crippen molar-refractivity contribution in [2.45, 2.75) is 39.8 Å². The average molecular weight is 387 g/mol. The Morgan fingerprint density at radius 1 is 1.33 bits per heavy atom. The largest absolute Gasteiger partial charge is 0.489 e. The summed E-state index contributed by atoms with van der Waals surface area (Å²) in [7, 11) is 1.78. The first kappa shape index (κ1) is 19.2. The molecule has 2 aromatic rings. The maximum Gasteiger partial charge on any atom is 0.254 e. The van der Waals surface area contributed by atoms with Crippen LogP contribution in [0.2, 0.25) is 5.02 Å². The smallest absolute Gasteiger partial charge is 0.254 e. The molecule has 27 heavy (non-hydrogen) atoms. The van der Waals surface area contributed by atoms with Crippen LogP contribution in [-0.4, -0.2) is 27.8 Å². The van der Waals surface area contributed by atoms with E-state index in [9.17, 15) is 4.79 Å². The van der Waals surface area contributed by atoms with Gasteiger partial charge in [0.05, 0.1) is 22.3 Å². The topological polar surface area (TPSA) is 79.9 Å². The van der Waals surface area contributed by atoms with Crippen molar-refractivity contribution in [2.24, 2.45) is 17.9 Å². The van der Waals surface area contributed by atoms with Gasteiger partial charge in [0.1, 0.15) is 17.9 Å². The van der Waals surface area contributed by atoms with Crippen LogP contribution in [-0.2, 0) is 7.05 Å². The molecule has 1 amide bonds. The number of halogens is 1. The quantitative estimate of drug-likeness (QED) is 0.871. The lowest BCUT2D eigenvalue weighted by Crippen LogP contribution is -2.74. The maximum atomic E-state index is 12.6. The lowest BCUT2D eigenvalue weighted by Gasteiger charge is -2.63. The molecule has 6 nitrogen and oxygen atoms in total. The molecule has 0 bridgehead atoms. The second-order valence-corrected chi connectivity index (χ2v) is 8.61. The summed E-state index contributed by atoms with van der Waals surface area (Å²) in [6.07, 6.45) is 3.12. The Labute approximate surface area is 164 Å². The Morgan fingerprint density at radius 2 is 2.00 bits per heavy atom. The van der Waals surface area contributed by atoms with Crippen LogP contribution in [0.5, 0.6) is 5.75 Å². The molecule has 0 aliphatic heterocycles. The summed E-state index contributed by atoms with van der Waals surface area (Å²) in [5, 5.41) is 16.6. The van der Waals surface area contributed by atoms with Crippen molar-refractivity contribution in [1.29, 1.82) is 5.26 Å². The van der Waals surface area contributed by atoms with Crippen LogP contribution in [0.25, 0.3) is 0 Å². The van der Waals surface area contributed by atoms with E-state index in [0.29, 0.717) is 21.9 Å². The summed E-state index contributed by atoms with van der Waals surface area (Å²) in [5.74, 6) is 0.469. The molecule has 1 aliphatic rings. The van der Waals surface area contributed by atoms with Crippen molar-refractivity contribution >= 4 is 17.5 Å². The minimum absolute atomic E-state index is 0.0726.